The van der Waals surface area contributed by atoms with Gasteiger partial charge in [-0.15, -0.1) is 22.7 Å². The Hall–Kier alpha value is -5.74. The molecule has 2 aromatic heterocycles. The minimum Gasteiger partial charge on any atom is -0.307 e. The van der Waals surface area contributed by atoms with Gasteiger partial charge in [0.25, 0.3) is 0 Å². The van der Waals surface area contributed by atoms with Crippen molar-refractivity contribution in [2.45, 2.75) is 0 Å². The van der Waals surface area contributed by atoms with Gasteiger partial charge in [0.05, 0.1) is 26.5 Å². The highest BCUT2D eigenvalue weighted by atomic mass is 32.1. The molecule has 10 rings (SSSR count). The Morgan fingerprint density at radius 1 is 0.327 bits per heavy atom. The quantitative estimate of drug-likeness (QED) is 0.178. The van der Waals surface area contributed by atoms with Crippen LogP contribution in [0.3, 0.4) is 0 Å². The van der Waals surface area contributed by atoms with Crippen molar-refractivity contribution < 1.29 is 0 Å². The van der Waals surface area contributed by atoms with Crippen molar-refractivity contribution in [2.24, 2.45) is 0 Å². The van der Waals surface area contributed by atoms with Crippen LogP contribution in [0.2, 0.25) is 0 Å². The Bertz CT molecular complexity index is 2720. The van der Waals surface area contributed by atoms with E-state index >= 15 is 0 Å². The van der Waals surface area contributed by atoms with E-state index in [9.17, 15) is 0 Å². The van der Waals surface area contributed by atoms with Crippen molar-refractivity contribution in [3.05, 3.63) is 176 Å². The molecule has 0 aliphatic carbocycles. The first-order valence-corrected chi connectivity index (χ1v) is 18.2. The molecular weight excluding hydrogens is 631 g/mol. The van der Waals surface area contributed by atoms with E-state index in [0.29, 0.717) is 0 Å². The normalized spacial score (nSPS) is 11.7. The standard InChI is InChI=1S/C46H29NS2/c1-2-13-31(14-3-1)35-28-27-32(34-20-10-16-30-15-4-5-17-33(30)34)29-42(35)47(40-23-11-21-38-36-18-6-8-25-43(36)48-45(38)40)41-24-12-22-39-37-19-7-9-26-44(37)49-46(39)41/h1-29H. The predicted octanol–water partition coefficient (Wildman–Crippen LogP) is 14.4. The van der Waals surface area contributed by atoms with Gasteiger partial charge < -0.3 is 4.90 Å². The van der Waals surface area contributed by atoms with Crippen molar-refractivity contribution >= 4 is 90.9 Å². The topological polar surface area (TPSA) is 3.24 Å². The second-order valence-electron chi connectivity index (χ2n) is 12.5. The Labute approximate surface area is 292 Å². The van der Waals surface area contributed by atoms with Gasteiger partial charge in [-0.25, -0.2) is 0 Å². The van der Waals surface area contributed by atoms with E-state index in [1.165, 1.54) is 84.7 Å². The fraction of sp³-hybridized carbons (Fsp3) is 0. The maximum Gasteiger partial charge on any atom is 0.0641 e. The van der Waals surface area contributed by atoms with Crippen molar-refractivity contribution in [1.29, 1.82) is 0 Å². The molecule has 0 bridgehead atoms. The maximum atomic E-state index is 2.55. The van der Waals surface area contributed by atoms with Gasteiger partial charge >= 0.3 is 0 Å². The summed E-state index contributed by atoms with van der Waals surface area (Å²) >= 11 is 3.76. The summed E-state index contributed by atoms with van der Waals surface area (Å²) in [6.45, 7) is 0. The largest absolute Gasteiger partial charge is 0.307 e. The van der Waals surface area contributed by atoms with Crippen LogP contribution in [0.5, 0.6) is 0 Å². The molecule has 2 heterocycles. The van der Waals surface area contributed by atoms with Gasteiger partial charge in [0.15, 0.2) is 0 Å². The smallest absolute Gasteiger partial charge is 0.0641 e. The number of hydrogen-bond donors (Lipinski definition) is 0. The minimum absolute atomic E-state index is 1.16. The van der Waals surface area contributed by atoms with Gasteiger partial charge in [0.2, 0.25) is 0 Å². The summed E-state index contributed by atoms with van der Waals surface area (Å²) in [7, 11) is 0. The first-order valence-electron chi connectivity index (χ1n) is 16.6. The SMILES string of the molecule is c1ccc(-c2ccc(-c3cccc4ccccc34)cc2N(c2cccc3c2sc2ccccc23)c2cccc3c2sc2ccccc23)cc1. The summed E-state index contributed by atoms with van der Waals surface area (Å²) in [6.07, 6.45) is 0. The lowest BCUT2D eigenvalue weighted by molar-refractivity contribution is 1.32. The number of anilines is 3. The number of thiophene rings is 2. The molecule has 49 heavy (non-hydrogen) atoms. The van der Waals surface area contributed by atoms with Crippen LogP contribution in [-0.2, 0) is 0 Å². The molecule has 0 saturated heterocycles. The van der Waals surface area contributed by atoms with E-state index < -0.39 is 0 Å². The van der Waals surface area contributed by atoms with E-state index in [1.807, 2.05) is 22.7 Å². The van der Waals surface area contributed by atoms with E-state index in [4.69, 9.17) is 0 Å². The average Bonchev–Trinajstić information content (AvgIpc) is 3.75. The van der Waals surface area contributed by atoms with E-state index in [0.717, 1.165) is 5.69 Å². The van der Waals surface area contributed by atoms with Crippen molar-refractivity contribution in [3.8, 4) is 22.3 Å². The van der Waals surface area contributed by atoms with Crippen LogP contribution in [-0.4, -0.2) is 0 Å². The van der Waals surface area contributed by atoms with E-state index in [-0.39, 0.29) is 0 Å². The molecule has 0 spiro atoms. The molecule has 8 aromatic carbocycles. The molecule has 1 nitrogen and oxygen atoms in total. The molecule has 0 amide bonds. The number of benzene rings is 8. The second-order valence-corrected chi connectivity index (χ2v) is 14.6. The average molecular weight is 660 g/mol. The lowest BCUT2D eigenvalue weighted by Gasteiger charge is -2.29. The molecule has 0 aliphatic heterocycles. The Morgan fingerprint density at radius 2 is 0.857 bits per heavy atom. The molecule has 0 aliphatic rings. The van der Waals surface area contributed by atoms with Crippen molar-refractivity contribution in [2.75, 3.05) is 4.90 Å². The van der Waals surface area contributed by atoms with Gasteiger partial charge in [-0.1, -0.05) is 146 Å². The molecule has 0 atom stereocenters. The highest BCUT2D eigenvalue weighted by Crippen LogP contribution is 2.51. The van der Waals surface area contributed by atoms with Gasteiger partial charge in [0.1, 0.15) is 0 Å². The fourth-order valence-electron chi connectivity index (χ4n) is 7.43. The molecule has 10 aromatic rings. The van der Waals surface area contributed by atoms with Crippen LogP contribution in [0.15, 0.2) is 176 Å². The van der Waals surface area contributed by atoms with E-state index in [1.54, 1.807) is 0 Å². The summed E-state index contributed by atoms with van der Waals surface area (Å²) in [5, 5.41) is 7.69. The molecule has 0 unspecified atom stereocenters. The molecule has 0 saturated carbocycles. The van der Waals surface area contributed by atoms with Crippen LogP contribution < -0.4 is 4.90 Å². The Kier molecular flexibility index (Phi) is 6.61. The van der Waals surface area contributed by atoms with Crippen LogP contribution >= 0.6 is 22.7 Å². The van der Waals surface area contributed by atoms with Crippen molar-refractivity contribution in [1.82, 2.24) is 0 Å². The van der Waals surface area contributed by atoms with E-state index in [2.05, 4.69) is 181 Å². The third-order valence-corrected chi connectivity index (χ3v) is 12.1. The second kappa shape index (κ2) is 11.5. The summed E-state index contributed by atoms with van der Waals surface area (Å²) < 4.78 is 5.18. The highest BCUT2D eigenvalue weighted by Gasteiger charge is 2.24. The Balaban J connectivity index is 1.34. The summed E-state index contributed by atoms with van der Waals surface area (Å²) in [5.41, 5.74) is 8.36. The Morgan fingerprint density at radius 3 is 1.53 bits per heavy atom. The van der Waals surface area contributed by atoms with Crippen molar-refractivity contribution in [3.63, 3.8) is 0 Å². The lowest BCUT2D eigenvalue weighted by Crippen LogP contribution is -2.12. The number of nitrogens with zero attached hydrogens (tertiary/aromatic N) is 1. The first kappa shape index (κ1) is 28.3. The molecule has 0 fully saturated rings. The third kappa shape index (κ3) is 4.58. The van der Waals surface area contributed by atoms with Gasteiger partial charge in [0, 0.05) is 36.5 Å². The summed E-state index contributed by atoms with van der Waals surface area (Å²) in [6, 6.07) is 64.5. The van der Waals surface area contributed by atoms with Gasteiger partial charge in [-0.05, 0) is 57.8 Å². The lowest BCUT2D eigenvalue weighted by atomic mass is 9.94. The molecule has 0 N–H and O–H groups in total. The summed E-state index contributed by atoms with van der Waals surface area (Å²) in [5.74, 6) is 0. The van der Waals surface area contributed by atoms with Crippen LogP contribution in [0, 0.1) is 0 Å². The highest BCUT2D eigenvalue weighted by molar-refractivity contribution is 7.27. The van der Waals surface area contributed by atoms with Gasteiger partial charge in [-0.3, -0.25) is 0 Å². The molecule has 230 valence electrons. The monoisotopic (exact) mass is 659 g/mol. The van der Waals surface area contributed by atoms with Gasteiger partial charge in [-0.2, -0.15) is 0 Å². The maximum absolute atomic E-state index is 2.55. The third-order valence-electron chi connectivity index (χ3n) is 9.67. The van der Waals surface area contributed by atoms with Crippen LogP contribution in [0.4, 0.5) is 17.1 Å². The summed E-state index contributed by atoms with van der Waals surface area (Å²) in [4.78, 5) is 2.55. The first-order chi connectivity index (χ1) is 24.3. The minimum atomic E-state index is 1.16. The molecular formula is C46H29NS2. The number of fused-ring (bicyclic) bond motifs is 7. The zero-order chi connectivity index (χ0) is 32.3. The number of rotatable bonds is 5. The number of hydrogen-bond acceptors (Lipinski definition) is 3. The molecule has 3 heteroatoms. The van der Waals surface area contributed by atoms with Crippen LogP contribution in [0.25, 0.3) is 73.4 Å². The molecule has 0 radical (unpaired) electrons. The predicted molar refractivity (Wildman–Crippen MR) is 215 cm³/mol. The zero-order valence-electron chi connectivity index (χ0n) is 26.5. The zero-order valence-corrected chi connectivity index (χ0v) is 28.1. The van der Waals surface area contributed by atoms with Crippen LogP contribution in [0.1, 0.15) is 0 Å². The fourth-order valence-corrected chi connectivity index (χ4v) is 9.84.